The van der Waals surface area contributed by atoms with Gasteiger partial charge in [-0.2, -0.15) is 0 Å². The van der Waals surface area contributed by atoms with Gasteiger partial charge in [0, 0.05) is 31.7 Å². The largest absolute Gasteiger partial charge is 0.493 e. The molecule has 0 spiro atoms. The number of ether oxygens (including phenoxy) is 2. The van der Waals surface area contributed by atoms with Gasteiger partial charge in [-0.15, -0.1) is 0 Å². The van der Waals surface area contributed by atoms with Crippen molar-refractivity contribution in [3.05, 3.63) is 29.8 Å². The van der Waals surface area contributed by atoms with Crippen LogP contribution < -0.4 is 10.5 Å². The molecule has 1 unspecified atom stereocenters. The molecular weight excluding hydrogens is 240 g/mol. The number of benzene rings is 1. The van der Waals surface area contributed by atoms with E-state index in [2.05, 4.69) is 23.1 Å². The van der Waals surface area contributed by atoms with Crippen molar-refractivity contribution < 1.29 is 9.47 Å². The van der Waals surface area contributed by atoms with Gasteiger partial charge in [-0.3, -0.25) is 0 Å². The zero-order chi connectivity index (χ0) is 13.5. The molecule has 2 N–H and O–H groups in total. The molecule has 0 bridgehead atoms. The van der Waals surface area contributed by atoms with Gasteiger partial charge in [0.2, 0.25) is 0 Å². The average molecular weight is 264 g/mol. The molecule has 19 heavy (non-hydrogen) atoms. The Hall–Kier alpha value is -1.10. The summed E-state index contributed by atoms with van der Waals surface area (Å²) in [5, 5.41) is 0. The normalized spacial score (nSPS) is 17.5. The molecule has 0 aromatic heterocycles. The lowest BCUT2D eigenvalue weighted by atomic mass is 10.0. The Morgan fingerprint density at radius 1 is 1.37 bits per heavy atom. The van der Waals surface area contributed by atoms with E-state index in [0.29, 0.717) is 5.92 Å². The Bertz CT molecular complexity index is 376. The van der Waals surface area contributed by atoms with E-state index in [1.807, 2.05) is 6.07 Å². The highest BCUT2D eigenvalue weighted by Crippen LogP contribution is 2.33. The van der Waals surface area contributed by atoms with Crippen LogP contribution in [0.3, 0.4) is 0 Å². The minimum Gasteiger partial charge on any atom is -0.493 e. The van der Waals surface area contributed by atoms with Gasteiger partial charge < -0.3 is 20.1 Å². The van der Waals surface area contributed by atoms with Gasteiger partial charge in [-0.25, -0.2) is 0 Å². The highest BCUT2D eigenvalue weighted by molar-refractivity contribution is 5.39. The molecule has 1 aliphatic heterocycles. The third kappa shape index (κ3) is 3.93. The summed E-state index contributed by atoms with van der Waals surface area (Å²) < 4.78 is 10.9. The third-order valence-corrected chi connectivity index (χ3v) is 3.57. The summed E-state index contributed by atoms with van der Waals surface area (Å²) in [6, 6.07) is 8.33. The molecule has 1 aromatic rings. The van der Waals surface area contributed by atoms with E-state index in [1.54, 1.807) is 7.11 Å². The van der Waals surface area contributed by atoms with E-state index in [-0.39, 0.29) is 0 Å². The van der Waals surface area contributed by atoms with E-state index in [9.17, 15) is 0 Å². The zero-order valence-electron chi connectivity index (χ0n) is 11.7. The van der Waals surface area contributed by atoms with Crippen molar-refractivity contribution in [3.63, 3.8) is 0 Å². The van der Waals surface area contributed by atoms with Crippen LogP contribution in [-0.4, -0.2) is 51.4 Å². The molecule has 1 aliphatic rings. The zero-order valence-corrected chi connectivity index (χ0v) is 11.7. The molecule has 2 rings (SSSR count). The van der Waals surface area contributed by atoms with Crippen molar-refractivity contribution in [1.82, 2.24) is 4.90 Å². The highest BCUT2D eigenvalue weighted by Gasteiger charge is 2.25. The van der Waals surface area contributed by atoms with Crippen molar-refractivity contribution in [3.8, 4) is 5.75 Å². The summed E-state index contributed by atoms with van der Waals surface area (Å²) in [5.41, 5.74) is 6.94. The lowest BCUT2D eigenvalue weighted by Crippen LogP contribution is -2.34. The van der Waals surface area contributed by atoms with Crippen LogP contribution in [0, 0.1) is 0 Å². The monoisotopic (exact) mass is 264 g/mol. The number of nitrogens with zero attached hydrogens (tertiary/aromatic N) is 1. The fraction of sp³-hybridized carbons (Fsp3) is 0.600. The molecule has 1 atom stereocenters. The number of rotatable bonds is 8. The number of para-hydroxylation sites is 1. The Morgan fingerprint density at radius 2 is 2.21 bits per heavy atom. The van der Waals surface area contributed by atoms with Crippen LogP contribution in [0.15, 0.2) is 24.3 Å². The Balaban J connectivity index is 1.93. The van der Waals surface area contributed by atoms with E-state index in [1.165, 1.54) is 5.56 Å². The predicted molar refractivity (Wildman–Crippen MR) is 76.7 cm³/mol. The minimum atomic E-state index is 0.464. The quantitative estimate of drug-likeness (QED) is 0.772. The molecule has 4 heteroatoms. The number of nitrogens with two attached hydrogens (primary N) is 1. The standard InChI is InChI=1S/C15H24N2O2/c1-18-10-9-17(8-4-7-16)11-13-12-19-15-6-3-2-5-14(13)15/h2-3,5-6,13H,4,7-12,16H2,1H3. The van der Waals surface area contributed by atoms with Crippen molar-refractivity contribution in [1.29, 1.82) is 0 Å². The van der Waals surface area contributed by atoms with Crippen LogP contribution in [0.1, 0.15) is 17.9 Å². The molecular formula is C15H24N2O2. The topological polar surface area (TPSA) is 47.7 Å². The molecule has 0 fully saturated rings. The summed E-state index contributed by atoms with van der Waals surface area (Å²) in [6.07, 6.45) is 1.03. The summed E-state index contributed by atoms with van der Waals surface area (Å²) in [6.45, 7) is 5.28. The van der Waals surface area contributed by atoms with Crippen molar-refractivity contribution in [2.24, 2.45) is 5.73 Å². The van der Waals surface area contributed by atoms with Gasteiger partial charge in [-0.05, 0) is 25.6 Å². The predicted octanol–water partition coefficient (Wildman–Crippen LogP) is 1.46. The molecule has 106 valence electrons. The van der Waals surface area contributed by atoms with Crippen LogP contribution in [0.2, 0.25) is 0 Å². The molecule has 0 saturated heterocycles. The number of fused-ring (bicyclic) bond motifs is 1. The average Bonchev–Trinajstić information content (AvgIpc) is 2.85. The van der Waals surface area contributed by atoms with Gasteiger partial charge in [-0.1, -0.05) is 18.2 Å². The second kappa shape index (κ2) is 7.48. The summed E-state index contributed by atoms with van der Waals surface area (Å²) in [4.78, 5) is 2.42. The number of hydrogen-bond acceptors (Lipinski definition) is 4. The number of methoxy groups -OCH3 is 1. The first-order valence-corrected chi connectivity index (χ1v) is 6.98. The highest BCUT2D eigenvalue weighted by atomic mass is 16.5. The summed E-state index contributed by atoms with van der Waals surface area (Å²) in [5.74, 6) is 1.50. The Morgan fingerprint density at radius 3 is 3.00 bits per heavy atom. The molecule has 0 radical (unpaired) electrons. The van der Waals surface area contributed by atoms with Gasteiger partial charge in [0.25, 0.3) is 0 Å². The Labute approximate surface area is 115 Å². The second-order valence-corrected chi connectivity index (χ2v) is 4.98. The van der Waals surface area contributed by atoms with Gasteiger partial charge in [0.15, 0.2) is 0 Å². The maximum absolute atomic E-state index is 5.74. The molecule has 0 saturated carbocycles. The fourth-order valence-electron chi connectivity index (χ4n) is 2.52. The van der Waals surface area contributed by atoms with E-state index in [4.69, 9.17) is 15.2 Å². The SMILES string of the molecule is COCCN(CCCN)CC1COc2ccccc21. The number of hydrogen-bond donors (Lipinski definition) is 1. The van der Waals surface area contributed by atoms with Crippen molar-refractivity contribution in [2.75, 3.05) is 46.5 Å². The molecule has 4 nitrogen and oxygen atoms in total. The van der Waals surface area contributed by atoms with E-state index < -0.39 is 0 Å². The summed E-state index contributed by atoms with van der Waals surface area (Å²) >= 11 is 0. The van der Waals surface area contributed by atoms with Crippen LogP contribution in [0.4, 0.5) is 0 Å². The van der Waals surface area contributed by atoms with E-state index >= 15 is 0 Å². The van der Waals surface area contributed by atoms with Gasteiger partial charge >= 0.3 is 0 Å². The van der Waals surface area contributed by atoms with Gasteiger partial charge in [0.1, 0.15) is 5.75 Å². The lowest BCUT2D eigenvalue weighted by Gasteiger charge is -2.24. The second-order valence-electron chi connectivity index (χ2n) is 4.98. The first kappa shape index (κ1) is 14.3. The first-order chi connectivity index (χ1) is 9.35. The lowest BCUT2D eigenvalue weighted by molar-refractivity contribution is 0.140. The Kier molecular flexibility index (Phi) is 5.63. The van der Waals surface area contributed by atoms with Crippen molar-refractivity contribution >= 4 is 0 Å². The molecule has 1 aromatic carbocycles. The minimum absolute atomic E-state index is 0.464. The summed E-state index contributed by atoms with van der Waals surface area (Å²) in [7, 11) is 1.75. The maximum Gasteiger partial charge on any atom is 0.122 e. The molecule has 1 heterocycles. The first-order valence-electron chi connectivity index (χ1n) is 6.98. The van der Waals surface area contributed by atoms with Crippen LogP contribution in [0.5, 0.6) is 5.75 Å². The van der Waals surface area contributed by atoms with Crippen LogP contribution in [-0.2, 0) is 4.74 Å². The maximum atomic E-state index is 5.74. The molecule has 0 aliphatic carbocycles. The van der Waals surface area contributed by atoms with Gasteiger partial charge in [0.05, 0.1) is 13.2 Å². The van der Waals surface area contributed by atoms with Crippen LogP contribution >= 0.6 is 0 Å². The smallest absolute Gasteiger partial charge is 0.122 e. The molecule has 0 amide bonds. The van der Waals surface area contributed by atoms with Crippen LogP contribution in [0.25, 0.3) is 0 Å². The van der Waals surface area contributed by atoms with Crippen molar-refractivity contribution in [2.45, 2.75) is 12.3 Å². The third-order valence-electron chi connectivity index (χ3n) is 3.57. The van der Waals surface area contributed by atoms with E-state index in [0.717, 1.165) is 51.6 Å². The fourth-order valence-corrected chi connectivity index (χ4v) is 2.52.